The van der Waals surface area contributed by atoms with Crippen LogP contribution in [0, 0.1) is 5.92 Å². The van der Waals surface area contributed by atoms with Crippen LogP contribution in [0.3, 0.4) is 0 Å². The van der Waals surface area contributed by atoms with Crippen LogP contribution in [0.5, 0.6) is 0 Å². The van der Waals surface area contributed by atoms with E-state index in [4.69, 9.17) is 11.6 Å². The minimum atomic E-state index is -4.65. The van der Waals surface area contributed by atoms with Crippen LogP contribution in [0.15, 0.2) is 94.9 Å². The number of carbonyl (C=O) groups excluding carboxylic acids is 1. The van der Waals surface area contributed by atoms with Crippen molar-refractivity contribution in [3.63, 3.8) is 0 Å². The van der Waals surface area contributed by atoms with E-state index in [0.717, 1.165) is 49.0 Å². The number of benzene rings is 3. The smallest absolute Gasteiger partial charge is 0.416 e. The van der Waals surface area contributed by atoms with Gasteiger partial charge in [0.05, 0.1) is 38.7 Å². The highest BCUT2D eigenvalue weighted by Gasteiger charge is 2.31. The lowest BCUT2D eigenvalue weighted by Gasteiger charge is -2.25. The van der Waals surface area contributed by atoms with E-state index in [1.807, 2.05) is 12.1 Å². The number of carboxylic acid groups (broad SMARTS) is 1. The van der Waals surface area contributed by atoms with Crippen LogP contribution < -0.4 is 4.90 Å². The second-order valence-corrected chi connectivity index (χ2v) is 11.5. The average molecular weight is 599 g/mol. The lowest BCUT2D eigenvalue weighted by Crippen LogP contribution is -2.20. The maximum Gasteiger partial charge on any atom is 0.416 e. The molecule has 0 spiro atoms. The van der Waals surface area contributed by atoms with Crippen LogP contribution in [0.25, 0.3) is 0 Å². The Morgan fingerprint density at radius 2 is 1.68 bits per heavy atom. The number of carbonyl (C=O) groups is 2. The Morgan fingerprint density at radius 3 is 2.29 bits per heavy atom. The van der Waals surface area contributed by atoms with Gasteiger partial charge in [-0.15, -0.1) is 0 Å². The summed E-state index contributed by atoms with van der Waals surface area (Å²) in [4.78, 5) is 31.2. The second kappa shape index (κ2) is 11.5. The highest BCUT2D eigenvalue weighted by atomic mass is 35.5. The molecule has 4 aromatic rings. The molecule has 0 saturated heterocycles. The summed E-state index contributed by atoms with van der Waals surface area (Å²) in [6.45, 7) is 0.781. The summed E-state index contributed by atoms with van der Waals surface area (Å²) in [5.74, 6) is -1.48. The molecule has 3 aromatic carbocycles. The van der Waals surface area contributed by atoms with Gasteiger partial charge < -0.3 is 10.0 Å². The van der Waals surface area contributed by atoms with E-state index in [2.05, 4.69) is 9.88 Å². The molecule has 210 valence electrons. The lowest BCUT2D eigenvalue weighted by molar-refractivity contribution is -0.137. The molecular formula is C30H22ClF3N2O4S. The molecule has 1 aliphatic carbocycles. The van der Waals surface area contributed by atoms with Crippen LogP contribution >= 0.6 is 11.6 Å². The number of pyridine rings is 1. The third-order valence-corrected chi connectivity index (χ3v) is 8.31. The molecule has 41 heavy (non-hydrogen) atoms. The molecule has 6 nitrogen and oxygen atoms in total. The maximum absolute atomic E-state index is 13.2. The molecule has 5 rings (SSSR count). The topological polar surface area (TPSA) is 87.6 Å². The first-order valence-electron chi connectivity index (χ1n) is 12.5. The second-order valence-electron chi connectivity index (χ2n) is 9.57. The van der Waals surface area contributed by atoms with E-state index in [1.54, 1.807) is 30.5 Å². The van der Waals surface area contributed by atoms with Crippen molar-refractivity contribution in [1.29, 1.82) is 0 Å². The van der Waals surface area contributed by atoms with Gasteiger partial charge in [0.25, 0.3) is 0 Å². The molecule has 1 fully saturated rings. The van der Waals surface area contributed by atoms with Crippen LogP contribution in [0.2, 0.25) is 5.02 Å². The van der Waals surface area contributed by atoms with Gasteiger partial charge in [-0.05, 0) is 91.6 Å². The molecular weight excluding hydrogens is 577 g/mol. The molecule has 1 N–H and O–H groups in total. The van der Waals surface area contributed by atoms with Gasteiger partial charge in [-0.3, -0.25) is 9.78 Å². The number of hydrogen-bond acceptors (Lipinski definition) is 5. The van der Waals surface area contributed by atoms with Gasteiger partial charge in [0.1, 0.15) is 5.69 Å². The van der Waals surface area contributed by atoms with Crippen molar-refractivity contribution in [2.75, 3.05) is 11.4 Å². The predicted molar refractivity (Wildman–Crippen MR) is 148 cm³/mol. The van der Waals surface area contributed by atoms with Crippen LogP contribution in [0.4, 0.5) is 24.5 Å². The zero-order chi connectivity index (χ0) is 29.3. The minimum absolute atomic E-state index is 0.0139. The number of aromatic nitrogens is 1. The summed E-state index contributed by atoms with van der Waals surface area (Å²) in [5, 5.41) is 10.4. The number of halogens is 4. The number of rotatable bonds is 9. The van der Waals surface area contributed by atoms with Crippen molar-refractivity contribution in [2.45, 2.75) is 28.8 Å². The summed E-state index contributed by atoms with van der Waals surface area (Å²) >= 11 is 6.04. The van der Waals surface area contributed by atoms with Gasteiger partial charge in [-0.1, -0.05) is 17.7 Å². The fourth-order valence-corrected chi connectivity index (χ4v) is 5.64. The molecule has 1 aromatic heterocycles. The lowest BCUT2D eigenvalue weighted by atomic mass is 10.0. The number of aromatic carboxylic acids is 1. The van der Waals surface area contributed by atoms with Gasteiger partial charge >= 0.3 is 12.1 Å². The molecule has 0 aliphatic heterocycles. The molecule has 1 aliphatic rings. The van der Waals surface area contributed by atoms with Crippen molar-refractivity contribution in [2.24, 2.45) is 5.92 Å². The number of ketones is 1. The number of hydrogen-bond donors (Lipinski definition) is 1. The Balaban J connectivity index is 1.41. The zero-order valence-corrected chi connectivity index (χ0v) is 22.8. The van der Waals surface area contributed by atoms with E-state index in [1.165, 1.54) is 18.2 Å². The zero-order valence-electron chi connectivity index (χ0n) is 21.3. The fraction of sp³-hybridized carbons (Fsp3) is 0.167. The summed E-state index contributed by atoms with van der Waals surface area (Å²) in [5.41, 5.74) is 0.292. The van der Waals surface area contributed by atoms with Crippen LogP contribution in [-0.2, 0) is 17.0 Å². The van der Waals surface area contributed by atoms with E-state index in [-0.39, 0.29) is 21.0 Å². The van der Waals surface area contributed by atoms with Crippen molar-refractivity contribution in [1.82, 2.24) is 4.98 Å². The molecule has 11 heteroatoms. The van der Waals surface area contributed by atoms with E-state index in [0.29, 0.717) is 17.0 Å². The third-order valence-electron chi connectivity index (χ3n) is 6.62. The van der Waals surface area contributed by atoms with Crippen molar-refractivity contribution in [3.8, 4) is 0 Å². The first kappa shape index (κ1) is 28.5. The van der Waals surface area contributed by atoms with Gasteiger partial charge in [-0.2, -0.15) is 13.2 Å². The first-order chi connectivity index (χ1) is 19.5. The fourth-order valence-electron chi connectivity index (χ4n) is 4.28. The van der Waals surface area contributed by atoms with Crippen molar-refractivity contribution in [3.05, 3.63) is 112 Å². The summed E-state index contributed by atoms with van der Waals surface area (Å²) < 4.78 is 52.5. The first-order valence-corrected chi connectivity index (χ1v) is 14.0. The van der Waals surface area contributed by atoms with E-state index < -0.39 is 39.9 Å². The van der Waals surface area contributed by atoms with Crippen LogP contribution in [0.1, 0.15) is 44.8 Å². The predicted octanol–water partition coefficient (Wildman–Crippen LogP) is 7.40. The molecule has 0 amide bonds. The van der Waals surface area contributed by atoms with Gasteiger partial charge in [-0.25, -0.2) is 9.00 Å². The summed E-state index contributed by atoms with van der Waals surface area (Å²) in [6.07, 6.45) is -0.819. The highest BCUT2D eigenvalue weighted by Crippen LogP contribution is 2.36. The molecule has 1 atom stereocenters. The van der Waals surface area contributed by atoms with Crippen molar-refractivity contribution < 1.29 is 32.1 Å². The summed E-state index contributed by atoms with van der Waals surface area (Å²) in [6, 6.07) is 18.1. The number of anilines is 2. The Morgan fingerprint density at radius 1 is 0.976 bits per heavy atom. The SMILES string of the molecule is O=C(c1ccc(S(=O)c2cccc(C(F)(F)F)c2)c(C(=O)O)c1)c1ccc(N(CC2CC2)c2ccc(Cl)cc2)cn1. The average Bonchev–Trinajstić information content (AvgIpc) is 3.79. The van der Waals surface area contributed by atoms with E-state index in [9.17, 15) is 32.1 Å². The monoisotopic (exact) mass is 598 g/mol. The molecule has 0 bridgehead atoms. The normalized spacial score (nSPS) is 14.0. The molecule has 1 saturated carbocycles. The maximum atomic E-state index is 13.2. The molecule has 1 heterocycles. The van der Waals surface area contributed by atoms with Gasteiger partial charge in [0.2, 0.25) is 5.78 Å². The van der Waals surface area contributed by atoms with Crippen LogP contribution in [-0.4, -0.2) is 32.6 Å². The largest absolute Gasteiger partial charge is 0.478 e. The Hall–Kier alpha value is -4.02. The van der Waals surface area contributed by atoms with Crippen molar-refractivity contribution >= 4 is 45.5 Å². The van der Waals surface area contributed by atoms with Gasteiger partial charge in [0, 0.05) is 27.7 Å². The number of nitrogens with zero attached hydrogens (tertiary/aromatic N) is 2. The quantitative estimate of drug-likeness (QED) is 0.202. The standard InChI is InChI=1S/C30H22ClF3N2O4S/c31-21-7-9-22(10-8-21)36(17-18-4-5-18)23-11-12-26(35-16-23)28(37)19-6-13-27(25(14-19)29(38)39)41(40)24-3-1-2-20(15-24)30(32,33)34/h1-3,6-16,18H,4-5,17H2,(H,38,39). The summed E-state index contributed by atoms with van der Waals surface area (Å²) in [7, 11) is -2.24. The highest BCUT2D eigenvalue weighted by molar-refractivity contribution is 7.85. The third kappa shape index (κ3) is 6.49. The molecule has 0 radical (unpaired) electrons. The van der Waals surface area contributed by atoms with E-state index >= 15 is 0 Å². The Labute approximate surface area is 240 Å². The Kier molecular flexibility index (Phi) is 7.97. The molecule has 1 unspecified atom stereocenters. The minimum Gasteiger partial charge on any atom is -0.478 e. The van der Waals surface area contributed by atoms with Gasteiger partial charge in [0.15, 0.2) is 0 Å². The number of alkyl halides is 3. The Bertz CT molecular complexity index is 1640. The number of carboxylic acids is 1.